The standard InChI is InChI=1S/C14H16Cl2N4O3/c1-19(8-13(22)20-5-4-17-14(20)23)7-12(21)18-9-2-3-10(15)11(16)6-9/h2-3,6H,4-5,7-8H2,1H3,(H,17,23)(H,18,21)/p+1. The third kappa shape index (κ3) is 4.82. The SMILES string of the molecule is C[NH+](CC(=O)Nc1ccc(Cl)c(Cl)c1)CC(=O)N1CCNC1=O. The van der Waals surface area contributed by atoms with Crippen LogP contribution in [0.3, 0.4) is 0 Å². The number of quaternary nitrogens is 1. The van der Waals surface area contributed by atoms with Crippen LogP contribution in [0, 0.1) is 0 Å². The largest absolute Gasteiger partial charge is 0.336 e. The normalized spacial score (nSPS) is 15.3. The molecule has 1 aromatic carbocycles. The number of halogens is 2. The van der Waals surface area contributed by atoms with Gasteiger partial charge in [0, 0.05) is 18.8 Å². The van der Waals surface area contributed by atoms with Crippen LogP contribution in [0.1, 0.15) is 0 Å². The fourth-order valence-electron chi connectivity index (χ4n) is 2.18. The summed E-state index contributed by atoms with van der Waals surface area (Å²) < 4.78 is 0. The van der Waals surface area contributed by atoms with Crippen LogP contribution in [0.25, 0.3) is 0 Å². The quantitative estimate of drug-likeness (QED) is 0.691. The number of benzene rings is 1. The summed E-state index contributed by atoms with van der Waals surface area (Å²) in [6.07, 6.45) is 0. The number of hydrogen-bond acceptors (Lipinski definition) is 3. The Kier molecular flexibility index (Phi) is 5.81. The van der Waals surface area contributed by atoms with Crippen LogP contribution in [-0.4, -0.2) is 56.0 Å². The molecule has 9 heteroatoms. The first-order valence-electron chi connectivity index (χ1n) is 7.01. The number of urea groups is 1. The first kappa shape index (κ1) is 17.5. The number of amides is 4. The predicted octanol–water partition coefficient (Wildman–Crippen LogP) is -0.00160. The molecule has 0 spiro atoms. The minimum Gasteiger partial charge on any atom is -0.336 e. The monoisotopic (exact) mass is 359 g/mol. The number of rotatable bonds is 5. The van der Waals surface area contributed by atoms with Gasteiger partial charge in [0.05, 0.1) is 17.1 Å². The maximum Gasteiger partial charge on any atom is 0.324 e. The Morgan fingerprint density at radius 1 is 1.30 bits per heavy atom. The molecule has 1 saturated heterocycles. The Morgan fingerprint density at radius 3 is 2.65 bits per heavy atom. The Balaban J connectivity index is 1.83. The smallest absolute Gasteiger partial charge is 0.324 e. The molecule has 1 aliphatic rings. The summed E-state index contributed by atoms with van der Waals surface area (Å²) in [4.78, 5) is 37.2. The highest BCUT2D eigenvalue weighted by atomic mass is 35.5. The average molecular weight is 360 g/mol. The summed E-state index contributed by atoms with van der Waals surface area (Å²) in [5.74, 6) is -0.570. The van der Waals surface area contributed by atoms with E-state index in [9.17, 15) is 14.4 Å². The van der Waals surface area contributed by atoms with Gasteiger partial charge in [-0.15, -0.1) is 0 Å². The summed E-state index contributed by atoms with van der Waals surface area (Å²) in [6, 6.07) is 4.40. The van der Waals surface area contributed by atoms with E-state index in [2.05, 4.69) is 10.6 Å². The van der Waals surface area contributed by atoms with E-state index in [0.29, 0.717) is 33.7 Å². The molecule has 7 nitrogen and oxygen atoms in total. The van der Waals surface area contributed by atoms with Gasteiger partial charge in [0.1, 0.15) is 0 Å². The highest BCUT2D eigenvalue weighted by Crippen LogP contribution is 2.24. The van der Waals surface area contributed by atoms with Crippen LogP contribution in [0.15, 0.2) is 18.2 Å². The number of nitrogens with zero attached hydrogens (tertiary/aromatic N) is 1. The third-order valence-electron chi connectivity index (χ3n) is 3.28. The van der Waals surface area contributed by atoms with E-state index in [4.69, 9.17) is 23.2 Å². The number of carbonyl (C=O) groups is 3. The zero-order valence-electron chi connectivity index (χ0n) is 12.5. The lowest BCUT2D eigenvalue weighted by Gasteiger charge is -2.17. The maximum absolute atomic E-state index is 12.0. The van der Waals surface area contributed by atoms with Gasteiger partial charge in [0.2, 0.25) is 0 Å². The van der Waals surface area contributed by atoms with Crippen molar-refractivity contribution >= 4 is 46.7 Å². The molecule has 1 heterocycles. The molecule has 0 saturated carbocycles. The van der Waals surface area contributed by atoms with Crippen molar-refractivity contribution in [1.82, 2.24) is 10.2 Å². The molecule has 1 aromatic rings. The molecular weight excluding hydrogens is 343 g/mol. The van der Waals surface area contributed by atoms with Gasteiger partial charge in [0.15, 0.2) is 13.1 Å². The third-order valence-corrected chi connectivity index (χ3v) is 4.02. The van der Waals surface area contributed by atoms with Gasteiger partial charge in [-0.05, 0) is 18.2 Å². The minimum absolute atomic E-state index is 0.0578. The molecule has 0 aliphatic carbocycles. The van der Waals surface area contributed by atoms with Gasteiger partial charge < -0.3 is 15.5 Å². The molecule has 4 amide bonds. The van der Waals surface area contributed by atoms with Crippen LogP contribution in [0.2, 0.25) is 10.0 Å². The predicted molar refractivity (Wildman–Crippen MR) is 86.8 cm³/mol. The van der Waals surface area contributed by atoms with Gasteiger partial charge >= 0.3 is 6.03 Å². The van der Waals surface area contributed by atoms with Crippen LogP contribution < -0.4 is 15.5 Å². The number of nitrogens with one attached hydrogen (secondary N) is 3. The lowest BCUT2D eigenvalue weighted by molar-refractivity contribution is -0.862. The molecule has 0 aromatic heterocycles. The zero-order valence-corrected chi connectivity index (χ0v) is 14.0. The highest BCUT2D eigenvalue weighted by molar-refractivity contribution is 6.42. The molecule has 1 unspecified atom stereocenters. The lowest BCUT2D eigenvalue weighted by Crippen LogP contribution is -3.11. The maximum atomic E-state index is 12.0. The number of carbonyl (C=O) groups excluding carboxylic acids is 3. The fraction of sp³-hybridized carbons (Fsp3) is 0.357. The summed E-state index contributed by atoms with van der Waals surface area (Å²) in [7, 11) is 1.71. The first-order valence-corrected chi connectivity index (χ1v) is 7.77. The molecule has 1 aliphatic heterocycles. The van der Waals surface area contributed by atoms with Crippen LogP contribution in [0.5, 0.6) is 0 Å². The van der Waals surface area contributed by atoms with Crippen molar-refractivity contribution < 1.29 is 19.3 Å². The second-order valence-electron chi connectivity index (χ2n) is 5.27. The molecule has 1 atom stereocenters. The Hall–Kier alpha value is -1.83. The van der Waals surface area contributed by atoms with Crippen molar-refractivity contribution in [3.05, 3.63) is 28.2 Å². The van der Waals surface area contributed by atoms with Gasteiger partial charge in [-0.25, -0.2) is 4.79 Å². The molecule has 0 bridgehead atoms. The molecule has 0 radical (unpaired) electrons. The summed E-state index contributed by atoms with van der Waals surface area (Å²) in [5, 5.41) is 6.00. The Bertz CT molecular complexity index is 638. The summed E-state index contributed by atoms with van der Waals surface area (Å²) >= 11 is 11.7. The highest BCUT2D eigenvalue weighted by Gasteiger charge is 2.28. The van der Waals surface area contributed by atoms with Crippen LogP contribution >= 0.6 is 23.2 Å². The second-order valence-corrected chi connectivity index (χ2v) is 6.08. The molecule has 2 rings (SSSR count). The van der Waals surface area contributed by atoms with Crippen LogP contribution in [0.4, 0.5) is 10.5 Å². The number of anilines is 1. The molecule has 124 valence electrons. The average Bonchev–Trinajstić information content (AvgIpc) is 2.89. The number of likely N-dealkylation sites (N-methyl/N-ethyl adjacent to an activating group) is 1. The van der Waals surface area contributed by atoms with E-state index in [1.54, 1.807) is 25.2 Å². The number of imide groups is 1. The van der Waals surface area contributed by atoms with Gasteiger partial charge in [0.25, 0.3) is 11.8 Å². The molecule has 1 fully saturated rings. The van der Waals surface area contributed by atoms with Crippen molar-refractivity contribution in [1.29, 1.82) is 0 Å². The lowest BCUT2D eigenvalue weighted by atomic mass is 10.3. The van der Waals surface area contributed by atoms with Crippen molar-refractivity contribution in [3.8, 4) is 0 Å². The van der Waals surface area contributed by atoms with Crippen LogP contribution in [-0.2, 0) is 9.59 Å². The van der Waals surface area contributed by atoms with E-state index < -0.39 is 0 Å². The fourth-order valence-corrected chi connectivity index (χ4v) is 2.48. The molecule has 23 heavy (non-hydrogen) atoms. The second kappa shape index (κ2) is 7.63. The Morgan fingerprint density at radius 2 is 2.04 bits per heavy atom. The molecule has 3 N–H and O–H groups in total. The zero-order chi connectivity index (χ0) is 17.0. The van der Waals surface area contributed by atoms with Crippen molar-refractivity contribution in [2.75, 3.05) is 38.5 Å². The Labute approximate surface area is 143 Å². The topological polar surface area (TPSA) is 82.9 Å². The minimum atomic E-state index is -0.386. The van der Waals surface area contributed by atoms with E-state index in [-0.39, 0.29) is 30.9 Å². The number of hydrogen-bond donors (Lipinski definition) is 3. The van der Waals surface area contributed by atoms with E-state index in [1.807, 2.05) is 0 Å². The van der Waals surface area contributed by atoms with E-state index in [1.165, 1.54) is 0 Å². The van der Waals surface area contributed by atoms with Gasteiger partial charge in [-0.3, -0.25) is 14.5 Å². The van der Waals surface area contributed by atoms with Crippen molar-refractivity contribution in [2.24, 2.45) is 0 Å². The summed E-state index contributed by atoms with van der Waals surface area (Å²) in [5.41, 5.74) is 0.530. The molecular formula is C14H17Cl2N4O3+. The first-order chi connectivity index (χ1) is 10.9. The van der Waals surface area contributed by atoms with Gasteiger partial charge in [-0.2, -0.15) is 0 Å². The van der Waals surface area contributed by atoms with E-state index in [0.717, 1.165) is 4.90 Å². The van der Waals surface area contributed by atoms with Crippen molar-refractivity contribution in [2.45, 2.75) is 0 Å². The van der Waals surface area contributed by atoms with Gasteiger partial charge in [-0.1, -0.05) is 23.2 Å². The summed E-state index contributed by atoms with van der Waals surface area (Å²) in [6.45, 7) is 0.964. The van der Waals surface area contributed by atoms with Crippen molar-refractivity contribution in [3.63, 3.8) is 0 Å². The van der Waals surface area contributed by atoms with E-state index >= 15 is 0 Å².